The largest absolute Gasteiger partial charge is 0.491 e. The van der Waals surface area contributed by atoms with E-state index < -0.39 is 0 Å². The number of terminal acetylenes is 1. The van der Waals surface area contributed by atoms with Crippen molar-refractivity contribution >= 4 is 11.6 Å². The molecule has 0 aromatic heterocycles. The van der Waals surface area contributed by atoms with E-state index in [1.165, 1.54) is 0 Å². The number of benzene rings is 1. The van der Waals surface area contributed by atoms with Crippen LogP contribution in [0.4, 0.5) is 0 Å². The zero-order valence-corrected chi connectivity index (χ0v) is 8.21. The van der Waals surface area contributed by atoms with Crippen LogP contribution >= 0.6 is 11.6 Å². The van der Waals surface area contributed by atoms with Gasteiger partial charge in [-0.15, -0.1) is 12.3 Å². The predicted octanol–water partition coefficient (Wildman–Crippen LogP) is 2.61. The van der Waals surface area contributed by atoms with E-state index in [0.29, 0.717) is 29.4 Å². The first-order valence-electron chi connectivity index (χ1n) is 4.04. The van der Waals surface area contributed by atoms with Gasteiger partial charge < -0.3 is 4.74 Å². The first-order valence-corrected chi connectivity index (χ1v) is 4.42. The van der Waals surface area contributed by atoms with Gasteiger partial charge in [-0.25, -0.2) is 0 Å². The van der Waals surface area contributed by atoms with Gasteiger partial charge in [0.25, 0.3) is 0 Å². The van der Waals surface area contributed by atoms with Crippen molar-refractivity contribution in [3.8, 4) is 24.2 Å². The normalized spacial score (nSPS) is 8.79. The van der Waals surface area contributed by atoms with Crippen LogP contribution < -0.4 is 4.74 Å². The summed E-state index contributed by atoms with van der Waals surface area (Å²) in [5.41, 5.74) is 0.353. The van der Waals surface area contributed by atoms with Crippen LogP contribution in [0.25, 0.3) is 0 Å². The lowest BCUT2D eigenvalue weighted by Gasteiger charge is -2.06. The second-order valence-corrected chi connectivity index (χ2v) is 2.93. The molecule has 0 aliphatic carbocycles. The molecule has 1 rings (SSSR count). The maximum absolute atomic E-state index is 8.80. The summed E-state index contributed by atoms with van der Waals surface area (Å²) < 4.78 is 5.30. The van der Waals surface area contributed by atoms with Crippen molar-refractivity contribution in [2.75, 3.05) is 6.61 Å². The highest BCUT2D eigenvalue weighted by Gasteiger charge is 2.06. The van der Waals surface area contributed by atoms with Gasteiger partial charge >= 0.3 is 0 Å². The van der Waals surface area contributed by atoms with Crippen molar-refractivity contribution in [1.82, 2.24) is 0 Å². The van der Waals surface area contributed by atoms with Gasteiger partial charge in [-0.3, -0.25) is 0 Å². The third kappa shape index (κ3) is 2.42. The summed E-state index contributed by atoms with van der Waals surface area (Å²) in [4.78, 5) is 0. The lowest BCUT2D eigenvalue weighted by Crippen LogP contribution is -1.97. The first-order chi connectivity index (χ1) is 6.79. The Morgan fingerprint density at radius 2 is 2.29 bits per heavy atom. The molecule has 0 aliphatic heterocycles. The van der Waals surface area contributed by atoms with Gasteiger partial charge in [0.1, 0.15) is 17.4 Å². The Labute approximate surface area is 88.1 Å². The van der Waals surface area contributed by atoms with Crippen molar-refractivity contribution in [3.05, 3.63) is 28.8 Å². The molecule has 0 radical (unpaired) electrons. The lowest BCUT2D eigenvalue weighted by molar-refractivity contribution is 0.326. The fourth-order valence-electron chi connectivity index (χ4n) is 0.953. The van der Waals surface area contributed by atoms with Gasteiger partial charge in [0.2, 0.25) is 0 Å². The van der Waals surface area contributed by atoms with Crippen molar-refractivity contribution in [1.29, 1.82) is 5.26 Å². The third-order valence-electron chi connectivity index (χ3n) is 1.59. The number of hydrogen-bond donors (Lipinski definition) is 0. The van der Waals surface area contributed by atoms with E-state index in [1.54, 1.807) is 18.2 Å². The fourth-order valence-corrected chi connectivity index (χ4v) is 1.16. The molecular weight excluding hydrogens is 198 g/mol. The number of rotatable bonds is 3. The third-order valence-corrected chi connectivity index (χ3v) is 1.91. The van der Waals surface area contributed by atoms with Gasteiger partial charge in [0.05, 0.1) is 11.6 Å². The standard InChI is InChI=1S/C11H8ClNO/c1-2-3-7-14-11-6-4-5-10(12)9(11)8-13/h1,4-6H,3,7H2. The summed E-state index contributed by atoms with van der Waals surface area (Å²) in [6, 6.07) is 7.06. The highest BCUT2D eigenvalue weighted by molar-refractivity contribution is 6.31. The number of ether oxygens (including phenoxy) is 1. The minimum absolute atomic E-state index is 0.353. The van der Waals surface area contributed by atoms with E-state index in [9.17, 15) is 0 Å². The van der Waals surface area contributed by atoms with Crippen LogP contribution in [0.3, 0.4) is 0 Å². The van der Waals surface area contributed by atoms with E-state index in [4.69, 9.17) is 28.0 Å². The average Bonchev–Trinajstić information content (AvgIpc) is 2.18. The van der Waals surface area contributed by atoms with E-state index >= 15 is 0 Å². The van der Waals surface area contributed by atoms with Crippen LogP contribution in [0, 0.1) is 23.7 Å². The summed E-state index contributed by atoms with van der Waals surface area (Å²) in [6.07, 6.45) is 5.58. The number of nitrogens with zero attached hydrogens (tertiary/aromatic N) is 1. The van der Waals surface area contributed by atoms with E-state index in [2.05, 4.69) is 5.92 Å². The molecule has 0 unspecified atom stereocenters. The molecule has 0 fully saturated rings. The Morgan fingerprint density at radius 1 is 1.50 bits per heavy atom. The minimum atomic E-state index is 0.353. The lowest BCUT2D eigenvalue weighted by atomic mass is 10.2. The molecular formula is C11H8ClNO. The Hall–Kier alpha value is -1.64. The van der Waals surface area contributed by atoms with Gasteiger partial charge in [0, 0.05) is 6.42 Å². The Kier molecular flexibility index (Phi) is 3.85. The molecule has 3 heteroatoms. The molecule has 0 bridgehead atoms. The second-order valence-electron chi connectivity index (χ2n) is 2.53. The van der Waals surface area contributed by atoms with E-state index in [1.807, 2.05) is 6.07 Å². The Balaban J connectivity index is 2.83. The molecule has 0 N–H and O–H groups in total. The molecule has 1 aromatic carbocycles. The zero-order valence-electron chi connectivity index (χ0n) is 7.46. The molecule has 70 valence electrons. The van der Waals surface area contributed by atoms with Crippen molar-refractivity contribution in [2.24, 2.45) is 0 Å². The van der Waals surface area contributed by atoms with Crippen LogP contribution in [-0.4, -0.2) is 6.61 Å². The monoisotopic (exact) mass is 205 g/mol. The maximum atomic E-state index is 8.80. The zero-order chi connectivity index (χ0) is 10.4. The van der Waals surface area contributed by atoms with Crippen LogP contribution in [0.2, 0.25) is 5.02 Å². The van der Waals surface area contributed by atoms with Crippen LogP contribution in [0.5, 0.6) is 5.75 Å². The van der Waals surface area contributed by atoms with Gasteiger partial charge in [-0.1, -0.05) is 17.7 Å². The smallest absolute Gasteiger partial charge is 0.138 e. The van der Waals surface area contributed by atoms with E-state index in [-0.39, 0.29) is 0 Å². The Morgan fingerprint density at radius 3 is 2.93 bits per heavy atom. The van der Waals surface area contributed by atoms with Crippen LogP contribution in [-0.2, 0) is 0 Å². The molecule has 0 saturated heterocycles. The van der Waals surface area contributed by atoms with Crippen molar-refractivity contribution < 1.29 is 4.74 Å². The second kappa shape index (κ2) is 5.17. The highest BCUT2D eigenvalue weighted by atomic mass is 35.5. The summed E-state index contributed by atoms with van der Waals surface area (Å²) in [7, 11) is 0. The molecule has 14 heavy (non-hydrogen) atoms. The predicted molar refractivity (Wildman–Crippen MR) is 55.1 cm³/mol. The van der Waals surface area contributed by atoms with Crippen LogP contribution in [0.1, 0.15) is 12.0 Å². The van der Waals surface area contributed by atoms with Gasteiger partial charge in [0.15, 0.2) is 0 Å². The highest BCUT2D eigenvalue weighted by Crippen LogP contribution is 2.25. The number of halogens is 1. The maximum Gasteiger partial charge on any atom is 0.138 e. The summed E-state index contributed by atoms with van der Waals surface area (Å²) in [5, 5.41) is 9.20. The summed E-state index contributed by atoms with van der Waals surface area (Å²) in [6.45, 7) is 0.394. The fraction of sp³-hybridized carbons (Fsp3) is 0.182. The molecule has 2 nitrogen and oxygen atoms in total. The summed E-state index contributed by atoms with van der Waals surface area (Å²) >= 11 is 5.80. The van der Waals surface area contributed by atoms with Crippen molar-refractivity contribution in [3.63, 3.8) is 0 Å². The summed E-state index contributed by atoms with van der Waals surface area (Å²) in [5.74, 6) is 2.93. The van der Waals surface area contributed by atoms with E-state index in [0.717, 1.165) is 0 Å². The quantitative estimate of drug-likeness (QED) is 0.561. The van der Waals surface area contributed by atoms with Crippen molar-refractivity contribution in [2.45, 2.75) is 6.42 Å². The number of hydrogen-bond acceptors (Lipinski definition) is 2. The number of nitriles is 1. The molecule has 0 saturated carbocycles. The van der Waals surface area contributed by atoms with Crippen LogP contribution in [0.15, 0.2) is 18.2 Å². The molecule has 0 atom stereocenters. The Bertz CT molecular complexity index is 401. The molecule has 0 heterocycles. The average molecular weight is 206 g/mol. The molecule has 0 aliphatic rings. The first kappa shape index (κ1) is 10.4. The molecule has 0 spiro atoms. The topological polar surface area (TPSA) is 33.0 Å². The van der Waals surface area contributed by atoms with Gasteiger partial charge in [-0.2, -0.15) is 5.26 Å². The van der Waals surface area contributed by atoms with Gasteiger partial charge in [-0.05, 0) is 12.1 Å². The molecule has 0 amide bonds. The SMILES string of the molecule is C#CCCOc1cccc(Cl)c1C#N. The minimum Gasteiger partial charge on any atom is -0.491 e. The molecule has 1 aromatic rings.